The molecule has 1 aliphatic heterocycles. The molecule has 1 aromatic carbocycles. The fourth-order valence-corrected chi connectivity index (χ4v) is 2.41. The van der Waals surface area contributed by atoms with Gasteiger partial charge < -0.3 is 15.0 Å². The minimum absolute atomic E-state index is 0.893. The van der Waals surface area contributed by atoms with Gasteiger partial charge in [-0.1, -0.05) is 6.07 Å². The predicted molar refractivity (Wildman–Crippen MR) is 73.4 cm³/mol. The van der Waals surface area contributed by atoms with Crippen LogP contribution in [-0.4, -0.2) is 38.3 Å². The van der Waals surface area contributed by atoms with E-state index >= 15 is 0 Å². The van der Waals surface area contributed by atoms with Gasteiger partial charge in [0.1, 0.15) is 5.75 Å². The highest BCUT2D eigenvalue weighted by atomic mass is 16.5. The Kier molecular flexibility index (Phi) is 3.02. The summed E-state index contributed by atoms with van der Waals surface area (Å²) in [7, 11) is 1.71. The van der Waals surface area contributed by atoms with E-state index in [2.05, 4.69) is 27.3 Å². The van der Waals surface area contributed by atoms with Crippen molar-refractivity contribution in [2.45, 2.75) is 0 Å². The number of methoxy groups -OCH3 is 1. The first-order valence-electron chi connectivity index (χ1n) is 6.27. The maximum Gasteiger partial charge on any atom is 0.121 e. The van der Waals surface area contributed by atoms with E-state index in [9.17, 15) is 0 Å². The third kappa shape index (κ3) is 1.99. The van der Waals surface area contributed by atoms with Crippen LogP contribution in [0.5, 0.6) is 5.75 Å². The first-order chi connectivity index (χ1) is 8.88. The molecule has 4 nitrogen and oxygen atoms in total. The lowest BCUT2D eigenvalue weighted by atomic mass is 10.2. The maximum absolute atomic E-state index is 5.38. The molecule has 3 rings (SSSR count). The number of benzene rings is 1. The fourth-order valence-electron chi connectivity index (χ4n) is 2.41. The first kappa shape index (κ1) is 11.3. The van der Waals surface area contributed by atoms with Crippen molar-refractivity contribution in [3.05, 3.63) is 30.5 Å². The SMILES string of the molecule is COc1cc(N2[14CH2][14CH2]N[14CH2][14CH2]2)c2ncccc2c1. The van der Waals surface area contributed by atoms with Crippen molar-refractivity contribution in [3.8, 4) is 5.75 Å². The maximum atomic E-state index is 5.38. The summed E-state index contributed by atoms with van der Waals surface area (Å²) in [6, 6.07) is 8.16. The summed E-state index contributed by atoms with van der Waals surface area (Å²) in [5, 5.41) is 4.50. The Hall–Kier alpha value is -1.81. The molecular formula is C14H17N3O. The molecule has 2 aromatic rings. The molecular weight excluding hydrogens is 234 g/mol. The number of hydrogen-bond acceptors (Lipinski definition) is 4. The van der Waals surface area contributed by atoms with E-state index in [0.29, 0.717) is 0 Å². The zero-order valence-electron chi connectivity index (χ0n) is 10.5. The highest BCUT2D eigenvalue weighted by molar-refractivity contribution is 5.92. The Labute approximate surface area is 107 Å². The molecule has 1 fully saturated rings. The standard InChI is InChI=1S/C14H17N3O/c1-18-12-9-11-3-2-4-16-14(11)13(10-12)17-7-5-15-6-8-17/h2-4,9-10,15H,5-8H2,1H3/i5+2,6+2,7+2,8+2. The number of fused-ring (bicyclic) bond motifs is 1. The van der Waals surface area contributed by atoms with Crippen molar-refractivity contribution >= 4 is 16.6 Å². The minimum Gasteiger partial charge on any atom is -0.497 e. The van der Waals surface area contributed by atoms with E-state index in [0.717, 1.165) is 42.8 Å². The van der Waals surface area contributed by atoms with Crippen molar-refractivity contribution in [1.29, 1.82) is 0 Å². The summed E-state index contributed by atoms with van der Waals surface area (Å²) in [6.45, 7) is 4.06. The summed E-state index contributed by atoms with van der Waals surface area (Å²) in [5.74, 6) is 0.893. The van der Waals surface area contributed by atoms with Gasteiger partial charge in [0, 0.05) is 43.8 Å². The van der Waals surface area contributed by atoms with Crippen molar-refractivity contribution in [2.24, 2.45) is 0 Å². The third-order valence-electron chi connectivity index (χ3n) is 3.35. The van der Waals surface area contributed by atoms with Crippen LogP contribution < -0.4 is 15.0 Å². The molecule has 0 saturated carbocycles. The van der Waals surface area contributed by atoms with Crippen LogP contribution in [0.4, 0.5) is 5.69 Å². The van der Waals surface area contributed by atoms with Gasteiger partial charge in [-0.05, 0) is 12.1 Å². The van der Waals surface area contributed by atoms with Gasteiger partial charge in [-0.3, -0.25) is 4.98 Å². The van der Waals surface area contributed by atoms with Crippen molar-refractivity contribution in [1.82, 2.24) is 10.3 Å². The second-order valence-corrected chi connectivity index (χ2v) is 4.46. The number of nitrogens with one attached hydrogen (secondary N) is 1. The molecule has 1 saturated heterocycles. The lowest BCUT2D eigenvalue weighted by Crippen LogP contribution is -2.43. The molecule has 0 aliphatic carbocycles. The Morgan fingerprint density at radius 2 is 2.11 bits per heavy atom. The van der Waals surface area contributed by atoms with E-state index in [1.165, 1.54) is 5.69 Å². The molecule has 2 heterocycles. The molecule has 1 N–H and O–H groups in total. The van der Waals surface area contributed by atoms with Crippen LogP contribution >= 0.6 is 0 Å². The Balaban J connectivity index is 2.12. The lowest BCUT2D eigenvalue weighted by molar-refractivity contribution is 0.415. The average molecular weight is 251 g/mol. The van der Waals surface area contributed by atoms with Crippen molar-refractivity contribution in [3.63, 3.8) is 0 Å². The quantitative estimate of drug-likeness (QED) is 0.880. The topological polar surface area (TPSA) is 37.4 Å². The fraction of sp³-hybridized carbons (Fsp3) is 0.357. The van der Waals surface area contributed by atoms with E-state index in [-0.39, 0.29) is 0 Å². The Morgan fingerprint density at radius 3 is 2.89 bits per heavy atom. The van der Waals surface area contributed by atoms with Crippen LogP contribution in [-0.2, 0) is 0 Å². The van der Waals surface area contributed by atoms with Gasteiger partial charge in [-0.25, -0.2) is 0 Å². The van der Waals surface area contributed by atoms with Crippen LogP contribution in [0.15, 0.2) is 30.5 Å². The van der Waals surface area contributed by atoms with Gasteiger partial charge in [0.15, 0.2) is 0 Å². The number of piperazine rings is 1. The van der Waals surface area contributed by atoms with E-state index in [1.54, 1.807) is 7.11 Å². The Morgan fingerprint density at radius 1 is 1.28 bits per heavy atom. The van der Waals surface area contributed by atoms with Crippen LogP contribution in [0, 0.1) is 0 Å². The molecule has 0 spiro atoms. The monoisotopic (exact) mass is 251 g/mol. The largest absolute Gasteiger partial charge is 0.497 e. The molecule has 0 amide bonds. The molecule has 18 heavy (non-hydrogen) atoms. The number of anilines is 1. The number of hydrogen-bond donors (Lipinski definition) is 1. The smallest absolute Gasteiger partial charge is 0.121 e. The van der Waals surface area contributed by atoms with Crippen molar-refractivity contribution < 1.29 is 4.74 Å². The summed E-state index contributed by atoms with van der Waals surface area (Å²) < 4.78 is 5.38. The van der Waals surface area contributed by atoms with Gasteiger partial charge in [0.05, 0.1) is 18.3 Å². The van der Waals surface area contributed by atoms with Crippen LogP contribution in [0.1, 0.15) is 0 Å². The van der Waals surface area contributed by atoms with E-state index < -0.39 is 0 Å². The molecule has 94 valence electrons. The van der Waals surface area contributed by atoms with Gasteiger partial charge >= 0.3 is 0 Å². The Bertz CT molecular complexity index is 550. The second-order valence-electron chi connectivity index (χ2n) is 4.46. The summed E-state index contributed by atoms with van der Waals surface area (Å²) in [5.41, 5.74) is 2.23. The predicted octanol–water partition coefficient (Wildman–Crippen LogP) is 1.65. The van der Waals surface area contributed by atoms with Gasteiger partial charge in [-0.15, -0.1) is 0 Å². The van der Waals surface area contributed by atoms with Gasteiger partial charge in [0.25, 0.3) is 0 Å². The summed E-state index contributed by atoms with van der Waals surface area (Å²) in [4.78, 5) is 6.88. The van der Waals surface area contributed by atoms with Crippen LogP contribution in [0.3, 0.4) is 0 Å². The zero-order valence-corrected chi connectivity index (χ0v) is 10.5. The molecule has 0 radical (unpaired) electrons. The van der Waals surface area contributed by atoms with Crippen LogP contribution in [0.25, 0.3) is 10.9 Å². The summed E-state index contributed by atoms with van der Waals surface area (Å²) >= 11 is 0. The summed E-state index contributed by atoms with van der Waals surface area (Å²) in [6.07, 6.45) is 1.85. The number of ether oxygens (including phenoxy) is 1. The van der Waals surface area contributed by atoms with E-state index in [4.69, 9.17) is 4.74 Å². The highest BCUT2D eigenvalue weighted by Crippen LogP contribution is 2.30. The van der Waals surface area contributed by atoms with Crippen molar-refractivity contribution in [2.75, 3.05) is 38.2 Å². The number of rotatable bonds is 2. The van der Waals surface area contributed by atoms with Gasteiger partial charge in [-0.2, -0.15) is 0 Å². The molecule has 4 heteroatoms. The molecule has 1 aromatic heterocycles. The number of aromatic nitrogens is 1. The highest BCUT2D eigenvalue weighted by Gasteiger charge is 2.15. The first-order valence-corrected chi connectivity index (χ1v) is 6.27. The minimum atomic E-state index is 0.893. The molecule has 0 atom stereocenters. The average Bonchev–Trinajstić information content (AvgIpc) is 2.47. The number of pyridine rings is 1. The number of nitrogens with zero attached hydrogens (tertiary/aromatic N) is 2. The van der Waals surface area contributed by atoms with Gasteiger partial charge in [0.2, 0.25) is 0 Å². The normalized spacial score (nSPS) is 15.9. The molecule has 0 bridgehead atoms. The second kappa shape index (κ2) is 4.82. The molecule has 0 unspecified atom stereocenters. The lowest BCUT2D eigenvalue weighted by Gasteiger charge is -2.30. The zero-order chi connectivity index (χ0) is 12.4. The van der Waals surface area contributed by atoms with Crippen LogP contribution in [0.2, 0.25) is 0 Å². The third-order valence-corrected chi connectivity index (χ3v) is 3.35. The molecule has 1 aliphatic rings. The van der Waals surface area contributed by atoms with E-state index in [1.807, 2.05) is 18.3 Å².